The number of likely N-dealkylation sites (tertiary alicyclic amines) is 1. The second-order valence-corrected chi connectivity index (χ2v) is 7.17. The van der Waals surface area contributed by atoms with Crippen LogP contribution in [0.1, 0.15) is 41.4 Å². The third-order valence-electron chi connectivity index (χ3n) is 5.31. The Labute approximate surface area is 161 Å². The first-order valence-electron chi connectivity index (χ1n) is 9.60. The molecule has 1 unspecified atom stereocenters. The van der Waals surface area contributed by atoms with Crippen LogP contribution in [0.2, 0.25) is 0 Å². The molecule has 1 amide bonds. The van der Waals surface area contributed by atoms with Gasteiger partial charge in [0.2, 0.25) is 0 Å². The lowest BCUT2D eigenvalue weighted by Crippen LogP contribution is -2.29. The lowest BCUT2D eigenvalue weighted by molar-refractivity contribution is 0.0786. The van der Waals surface area contributed by atoms with E-state index in [9.17, 15) is 4.79 Å². The predicted molar refractivity (Wildman–Crippen MR) is 105 cm³/mol. The summed E-state index contributed by atoms with van der Waals surface area (Å²) in [7, 11) is 3.29. The van der Waals surface area contributed by atoms with Gasteiger partial charge in [-0.2, -0.15) is 5.10 Å². The lowest BCUT2D eigenvalue weighted by Gasteiger charge is -2.17. The van der Waals surface area contributed by atoms with E-state index in [0.29, 0.717) is 5.92 Å². The molecule has 0 aliphatic carbocycles. The summed E-state index contributed by atoms with van der Waals surface area (Å²) in [6.45, 7) is 6.52. The van der Waals surface area contributed by atoms with Gasteiger partial charge in [0.15, 0.2) is 11.5 Å². The third-order valence-corrected chi connectivity index (χ3v) is 5.31. The molecule has 1 fully saturated rings. The molecule has 2 heterocycles. The van der Waals surface area contributed by atoms with E-state index < -0.39 is 0 Å². The SMILES string of the molecule is CCCn1ncc(C(=O)N2CCC(Cc3ccc(OC)c(OC)c3)C2)c1C. The van der Waals surface area contributed by atoms with Crippen molar-refractivity contribution in [1.29, 1.82) is 0 Å². The van der Waals surface area contributed by atoms with Crippen molar-refractivity contribution < 1.29 is 14.3 Å². The molecule has 1 aromatic heterocycles. The molecule has 6 heteroatoms. The normalized spacial score (nSPS) is 16.6. The van der Waals surface area contributed by atoms with Crippen LogP contribution in [0.5, 0.6) is 11.5 Å². The van der Waals surface area contributed by atoms with Gasteiger partial charge in [0.05, 0.1) is 26.0 Å². The maximum Gasteiger partial charge on any atom is 0.257 e. The molecule has 1 aliphatic rings. The zero-order valence-electron chi connectivity index (χ0n) is 16.7. The summed E-state index contributed by atoms with van der Waals surface area (Å²) in [6.07, 6.45) is 4.67. The molecule has 1 saturated heterocycles. The zero-order valence-corrected chi connectivity index (χ0v) is 16.7. The number of methoxy groups -OCH3 is 2. The van der Waals surface area contributed by atoms with Crippen LogP contribution in [0.3, 0.4) is 0 Å². The number of aryl methyl sites for hydroxylation is 1. The van der Waals surface area contributed by atoms with Gasteiger partial charge in [0, 0.05) is 25.3 Å². The van der Waals surface area contributed by atoms with Gasteiger partial charge in [-0.3, -0.25) is 9.48 Å². The smallest absolute Gasteiger partial charge is 0.257 e. The molecule has 0 N–H and O–H groups in total. The quantitative estimate of drug-likeness (QED) is 0.749. The fourth-order valence-corrected chi connectivity index (χ4v) is 3.79. The minimum Gasteiger partial charge on any atom is -0.493 e. The number of hydrogen-bond donors (Lipinski definition) is 0. The highest BCUT2D eigenvalue weighted by atomic mass is 16.5. The van der Waals surface area contributed by atoms with Crippen molar-refractivity contribution in [3.63, 3.8) is 0 Å². The Morgan fingerprint density at radius 1 is 1.26 bits per heavy atom. The number of carbonyl (C=O) groups excluding carboxylic acids is 1. The van der Waals surface area contributed by atoms with E-state index in [1.807, 2.05) is 28.6 Å². The minimum atomic E-state index is 0.102. The standard InChI is InChI=1S/C21H29N3O3/c1-5-9-24-15(2)18(13-22-24)21(25)23-10-8-17(14-23)11-16-6-7-19(26-3)20(12-16)27-4/h6-7,12-13,17H,5,8-11,14H2,1-4H3. The molecule has 6 nitrogen and oxygen atoms in total. The van der Waals surface area contributed by atoms with Crippen molar-refractivity contribution in [2.24, 2.45) is 5.92 Å². The number of carbonyl (C=O) groups is 1. The number of amides is 1. The van der Waals surface area contributed by atoms with E-state index in [0.717, 1.165) is 61.7 Å². The minimum absolute atomic E-state index is 0.102. The molecule has 1 aromatic carbocycles. The Morgan fingerprint density at radius 3 is 2.74 bits per heavy atom. The Bertz CT molecular complexity index is 800. The number of nitrogens with zero attached hydrogens (tertiary/aromatic N) is 3. The van der Waals surface area contributed by atoms with Gasteiger partial charge in [-0.1, -0.05) is 13.0 Å². The second kappa shape index (κ2) is 8.46. The number of benzene rings is 1. The predicted octanol–water partition coefficient (Wildman–Crippen LogP) is 3.32. The summed E-state index contributed by atoms with van der Waals surface area (Å²) in [4.78, 5) is 14.9. The summed E-state index contributed by atoms with van der Waals surface area (Å²) in [5.74, 6) is 2.05. The Balaban J connectivity index is 1.64. The van der Waals surface area contributed by atoms with Gasteiger partial charge in [-0.05, 0) is 49.8 Å². The van der Waals surface area contributed by atoms with Crippen molar-refractivity contribution in [3.05, 3.63) is 41.2 Å². The van der Waals surface area contributed by atoms with Crippen LogP contribution in [-0.4, -0.2) is 47.9 Å². The molecule has 0 radical (unpaired) electrons. The Hall–Kier alpha value is -2.50. The van der Waals surface area contributed by atoms with Crippen molar-refractivity contribution in [2.45, 2.75) is 39.7 Å². The van der Waals surface area contributed by atoms with Gasteiger partial charge >= 0.3 is 0 Å². The fourth-order valence-electron chi connectivity index (χ4n) is 3.79. The highest BCUT2D eigenvalue weighted by Gasteiger charge is 2.29. The van der Waals surface area contributed by atoms with Crippen molar-refractivity contribution >= 4 is 5.91 Å². The maximum absolute atomic E-state index is 12.9. The third kappa shape index (κ3) is 4.10. The van der Waals surface area contributed by atoms with Crippen molar-refractivity contribution in [3.8, 4) is 11.5 Å². The van der Waals surface area contributed by atoms with Crippen LogP contribution in [-0.2, 0) is 13.0 Å². The van der Waals surface area contributed by atoms with E-state index in [1.165, 1.54) is 5.56 Å². The molecule has 146 valence electrons. The first-order valence-corrected chi connectivity index (χ1v) is 9.60. The Morgan fingerprint density at radius 2 is 2.04 bits per heavy atom. The van der Waals surface area contributed by atoms with Gasteiger partial charge in [0.1, 0.15) is 0 Å². The Kier molecular flexibility index (Phi) is 6.04. The molecule has 1 atom stereocenters. The molecule has 27 heavy (non-hydrogen) atoms. The molecular weight excluding hydrogens is 342 g/mol. The van der Waals surface area contributed by atoms with Crippen LogP contribution in [0.25, 0.3) is 0 Å². The average molecular weight is 371 g/mol. The average Bonchev–Trinajstić information content (AvgIpc) is 3.29. The monoisotopic (exact) mass is 371 g/mol. The largest absolute Gasteiger partial charge is 0.493 e. The summed E-state index contributed by atoms with van der Waals surface area (Å²) >= 11 is 0. The van der Waals surface area contributed by atoms with Gasteiger partial charge in [0.25, 0.3) is 5.91 Å². The molecule has 2 aromatic rings. The topological polar surface area (TPSA) is 56.6 Å². The van der Waals surface area contributed by atoms with Crippen molar-refractivity contribution in [1.82, 2.24) is 14.7 Å². The van der Waals surface area contributed by atoms with E-state index in [2.05, 4.69) is 18.1 Å². The van der Waals surface area contributed by atoms with Crippen LogP contribution < -0.4 is 9.47 Å². The van der Waals surface area contributed by atoms with Crippen LogP contribution >= 0.6 is 0 Å². The molecule has 1 aliphatic heterocycles. The number of aromatic nitrogens is 2. The van der Waals surface area contributed by atoms with E-state index in [4.69, 9.17) is 9.47 Å². The fraction of sp³-hybridized carbons (Fsp3) is 0.524. The van der Waals surface area contributed by atoms with Crippen molar-refractivity contribution in [2.75, 3.05) is 27.3 Å². The molecule has 0 bridgehead atoms. The maximum atomic E-state index is 12.9. The van der Waals surface area contributed by atoms with Gasteiger partial charge in [-0.15, -0.1) is 0 Å². The highest BCUT2D eigenvalue weighted by Crippen LogP contribution is 2.30. The number of ether oxygens (including phenoxy) is 2. The molecule has 0 spiro atoms. The highest BCUT2D eigenvalue weighted by molar-refractivity contribution is 5.95. The lowest BCUT2D eigenvalue weighted by atomic mass is 9.98. The van der Waals surface area contributed by atoms with E-state index >= 15 is 0 Å². The molecule has 0 saturated carbocycles. The van der Waals surface area contributed by atoms with Crippen LogP contribution in [0.15, 0.2) is 24.4 Å². The van der Waals surface area contributed by atoms with Crippen LogP contribution in [0, 0.1) is 12.8 Å². The van der Waals surface area contributed by atoms with E-state index in [1.54, 1.807) is 20.4 Å². The van der Waals surface area contributed by atoms with Crippen LogP contribution in [0.4, 0.5) is 0 Å². The zero-order chi connectivity index (χ0) is 19.4. The molecule has 3 rings (SSSR count). The summed E-state index contributed by atoms with van der Waals surface area (Å²) < 4.78 is 12.6. The molecular formula is C21H29N3O3. The van der Waals surface area contributed by atoms with Gasteiger partial charge < -0.3 is 14.4 Å². The summed E-state index contributed by atoms with van der Waals surface area (Å²) in [5, 5.41) is 4.36. The summed E-state index contributed by atoms with van der Waals surface area (Å²) in [5.41, 5.74) is 2.90. The first-order chi connectivity index (χ1) is 13.1. The first kappa shape index (κ1) is 19.3. The van der Waals surface area contributed by atoms with Gasteiger partial charge in [-0.25, -0.2) is 0 Å². The number of rotatable bonds is 7. The second-order valence-electron chi connectivity index (χ2n) is 7.17. The summed E-state index contributed by atoms with van der Waals surface area (Å²) in [6, 6.07) is 6.05. The van der Waals surface area contributed by atoms with E-state index in [-0.39, 0.29) is 5.91 Å². The number of hydrogen-bond acceptors (Lipinski definition) is 4.